The van der Waals surface area contributed by atoms with Gasteiger partial charge in [-0.15, -0.1) is 0 Å². The average Bonchev–Trinajstić information content (AvgIpc) is 2.46. The fraction of sp³-hybridized carbons (Fsp3) is 0.600. The SMILES string of the molecule is CC1(C)CCCN1c1ncncc1I. The van der Waals surface area contributed by atoms with Crippen molar-refractivity contribution in [2.24, 2.45) is 0 Å². The molecular formula is C10H14IN3. The van der Waals surface area contributed by atoms with Crippen molar-refractivity contribution in [1.82, 2.24) is 9.97 Å². The molecule has 0 aromatic carbocycles. The lowest BCUT2D eigenvalue weighted by Gasteiger charge is -2.33. The van der Waals surface area contributed by atoms with Crippen LogP contribution in [0, 0.1) is 3.57 Å². The van der Waals surface area contributed by atoms with Gasteiger partial charge in [0.15, 0.2) is 0 Å². The molecule has 0 atom stereocenters. The number of hydrogen-bond donors (Lipinski definition) is 0. The van der Waals surface area contributed by atoms with Crippen LogP contribution >= 0.6 is 22.6 Å². The molecule has 1 aliphatic heterocycles. The minimum Gasteiger partial charge on any atom is -0.351 e. The van der Waals surface area contributed by atoms with Crippen LogP contribution in [-0.2, 0) is 0 Å². The Bertz CT molecular complexity index is 338. The van der Waals surface area contributed by atoms with E-state index < -0.39 is 0 Å². The molecule has 1 saturated heterocycles. The molecule has 14 heavy (non-hydrogen) atoms. The number of anilines is 1. The van der Waals surface area contributed by atoms with E-state index in [1.807, 2.05) is 6.20 Å². The number of halogens is 1. The normalized spacial score (nSPS) is 20.1. The molecule has 0 N–H and O–H groups in total. The largest absolute Gasteiger partial charge is 0.351 e. The maximum Gasteiger partial charge on any atom is 0.145 e. The van der Waals surface area contributed by atoms with Gasteiger partial charge in [0.2, 0.25) is 0 Å². The number of hydrogen-bond acceptors (Lipinski definition) is 3. The summed E-state index contributed by atoms with van der Waals surface area (Å²) in [6.45, 7) is 5.66. The van der Waals surface area contributed by atoms with Gasteiger partial charge in [-0.1, -0.05) is 0 Å². The Labute approximate surface area is 98.1 Å². The van der Waals surface area contributed by atoms with Crippen LogP contribution in [0.3, 0.4) is 0 Å². The zero-order valence-electron chi connectivity index (χ0n) is 8.50. The van der Waals surface area contributed by atoms with E-state index >= 15 is 0 Å². The number of nitrogens with zero attached hydrogens (tertiary/aromatic N) is 3. The number of aromatic nitrogens is 2. The first-order chi connectivity index (χ1) is 6.61. The summed E-state index contributed by atoms with van der Waals surface area (Å²) in [5.41, 5.74) is 0.244. The summed E-state index contributed by atoms with van der Waals surface area (Å²) in [7, 11) is 0. The zero-order chi connectivity index (χ0) is 10.2. The van der Waals surface area contributed by atoms with Crippen molar-refractivity contribution in [1.29, 1.82) is 0 Å². The van der Waals surface area contributed by atoms with Crippen LogP contribution in [0.1, 0.15) is 26.7 Å². The monoisotopic (exact) mass is 303 g/mol. The van der Waals surface area contributed by atoms with E-state index in [2.05, 4.69) is 51.3 Å². The molecule has 0 saturated carbocycles. The third-order valence-electron chi connectivity index (χ3n) is 2.80. The molecule has 0 unspecified atom stereocenters. The van der Waals surface area contributed by atoms with Gasteiger partial charge in [-0.25, -0.2) is 9.97 Å². The zero-order valence-corrected chi connectivity index (χ0v) is 10.7. The van der Waals surface area contributed by atoms with Crippen molar-refractivity contribution in [2.75, 3.05) is 11.4 Å². The molecule has 4 heteroatoms. The Hall–Kier alpha value is -0.390. The molecular weight excluding hydrogens is 289 g/mol. The van der Waals surface area contributed by atoms with Crippen LogP contribution in [-0.4, -0.2) is 22.1 Å². The van der Waals surface area contributed by atoms with Gasteiger partial charge in [0.25, 0.3) is 0 Å². The molecule has 3 nitrogen and oxygen atoms in total. The highest BCUT2D eigenvalue weighted by molar-refractivity contribution is 14.1. The fourth-order valence-corrected chi connectivity index (χ4v) is 2.60. The molecule has 1 aliphatic rings. The van der Waals surface area contributed by atoms with E-state index in [-0.39, 0.29) is 5.54 Å². The molecule has 76 valence electrons. The van der Waals surface area contributed by atoms with Crippen LogP contribution in [0.15, 0.2) is 12.5 Å². The van der Waals surface area contributed by atoms with Crippen molar-refractivity contribution >= 4 is 28.4 Å². The second kappa shape index (κ2) is 3.64. The van der Waals surface area contributed by atoms with E-state index in [1.54, 1.807) is 6.33 Å². The van der Waals surface area contributed by atoms with Gasteiger partial charge in [0.1, 0.15) is 12.1 Å². The lowest BCUT2D eigenvalue weighted by atomic mass is 10.0. The van der Waals surface area contributed by atoms with Crippen LogP contribution in [0.4, 0.5) is 5.82 Å². The van der Waals surface area contributed by atoms with Crippen LogP contribution in [0.2, 0.25) is 0 Å². The Balaban J connectivity index is 2.36. The van der Waals surface area contributed by atoms with Gasteiger partial charge in [0.05, 0.1) is 3.57 Å². The Morgan fingerprint density at radius 2 is 2.29 bits per heavy atom. The predicted octanol–water partition coefficient (Wildman–Crippen LogP) is 2.46. The first-order valence-corrected chi connectivity index (χ1v) is 5.92. The minimum atomic E-state index is 0.244. The summed E-state index contributed by atoms with van der Waals surface area (Å²) >= 11 is 2.30. The van der Waals surface area contributed by atoms with Gasteiger partial charge >= 0.3 is 0 Å². The molecule has 0 spiro atoms. The third kappa shape index (κ3) is 1.71. The molecule has 0 radical (unpaired) electrons. The van der Waals surface area contributed by atoms with E-state index in [1.165, 1.54) is 12.8 Å². The Kier molecular flexibility index (Phi) is 2.64. The van der Waals surface area contributed by atoms with E-state index in [0.717, 1.165) is 15.9 Å². The summed E-state index contributed by atoms with van der Waals surface area (Å²) in [6, 6.07) is 0. The fourth-order valence-electron chi connectivity index (χ4n) is 2.00. The van der Waals surface area contributed by atoms with Crippen molar-refractivity contribution in [3.63, 3.8) is 0 Å². The summed E-state index contributed by atoms with van der Waals surface area (Å²) in [5.74, 6) is 1.09. The van der Waals surface area contributed by atoms with Gasteiger partial charge in [-0.05, 0) is 49.3 Å². The molecule has 0 aliphatic carbocycles. The van der Waals surface area contributed by atoms with Crippen molar-refractivity contribution in [2.45, 2.75) is 32.2 Å². The highest BCUT2D eigenvalue weighted by Crippen LogP contribution is 2.33. The second-order valence-electron chi connectivity index (χ2n) is 4.26. The molecule has 1 fully saturated rings. The summed E-state index contributed by atoms with van der Waals surface area (Å²) in [4.78, 5) is 10.8. The summed E-state index contributed by atoms with van der Waals surface area (Å²) in [5, 5.41) is 0. The first kappa shape index (κ1) is 10.1. The maximum absolute atomic E-state index is 4.36. The minimum absolute atomic E-state index is 0.244. The lowest BCUT2D eigenvalue weighted by Crippen LogP contribution is -2.39. The maximum atomic E-state index is 4.36. The third-order valence-corrected chi connectivity index (χ3v) is 3.57. The van der Waals surface area contributed by atoms with Crippen LogP contribution in [0.5, 0.6) is 0 Å². The molecule has 1 aromatic rings. The Morgan fingerprint density at radius 3 is 2.86 bits per heavy atom. The quantitative estimate of drug-likeness (QED) is 0.746. The smallest absolute Gasteiger partial charge is 0.145 e. The highest BCUT2D eigenvalue weighted by atomic mass is 127. The molecule has 0 bridgehead atoms. The molecule has 0 amide bonds. The number of rotatable bonds is 1. The standard InChI is InChI=1S/C10H14IN3/c1-10(2)4-3-5-14(10)9-8(11)6-12-7-13-9/h6-7H,3-5H2,1-2H3. The van der Waals surface area contributed by atoms with Gasteiger partial charge in [-0.2, -0.15) is 0 Å². The molecule has 2 heterocycles. The summed E-state index contributed by atoms with van der Waals surface area (Å²) in [6.07, 6.45) is 6.00. The first-order valence-electron chi connectivity index (χ1n) is 4.84. The van der Waals surface area contributed by atoms with E-state index in [9.17, 15) is 0 Å². The topological polar surface area (TPSA) is 29.0 Å². The molecule has 1 aromatic heterocycles. The summed E-state index contributed by atoms with van der Waals surface area (Å²) < 4.78 is 1.14. The van der Waals surface area contributed by atoms with Gasteiger partial charge in [0, 0.05) is 18.3 Å². The lowest BCUT2D eigenvalue weighted by molar-refractivity contribution is 0.513. The van der Waals surface area contributed by atoms with Gasteiger partial charge < -0.3 is 4.90 Å². The molecule has 2 rings (SSSR count). The van der Waals surface area contributed by atoms with E-state index in [4.69, 9.17) is 0 Å². The predicted molar refractivity (Wildman–Crippen MR) is 65.4 cm³/mol. The van der Waals surface area contributed by atoms with Crippen LogP contribution < -0.4 is 4.90 Å². The van der Waals surface area contributed by atoms with Crippen molar-refractivity contribution < 1.29 is 0 Å². The Morgan fingerprint density at radius 1 is 1.50 bits per heavy atom. The average molecular weight is 303 g/mol. The van der Waals surface area contributed by atoms with Gasteiger partial charge in [-0.3, -0.25) is 0 Å². The van der Waals surface area contributed by atoms with Crippen molar-refractivity contribution in [3.05, 3.63) is 16.1 Å². The van der Waals surface area contributed by atoms with E-state index in [0.29, 0.717) is 0 Å². The highest BCUT2D eigenvalue weighted by Gasteiger charge is 2.33. The second-order valence-corrected chi connectivity index (χ2v) is 5.42. The van der Waals surface area contributed by atoms with Crippen LogP contribution in [0.25, 0.3) is 0 Å². The van der Waals surface area contributed by atoms with Crippen molar-refractivity contribution in [3.8, 4) is 0 Å².